The molecule has 0 aliphatic carbocycles. The molecule has 5 heteroatoms. The maximum atomic E-state index is 13.8. The highest BCUT2D eigenvalue weighted by atomic mass is 19.1. The van der Waals surface area contributed by atoms with Gasteiger partial charge in [0, 0.05) is 19.5 Å². The molecule has 2 rings (SSSR count). The summed E-state index contributed by atoms with van der Waals surface area (Å²) in [4.78, 5) is 12.5. The van der Waals surface area contributed by atoms with E-state index in [1.54, 1.807) is 12.1 Å². The van der Waals surface area contributed by atoms with Gasteiger partial charge in [0.05, 0.1) is 17.3 Å². The Kier molecular flexibility index (Phi) is 3.47. The first-order valence-corrected chi connectivity index (χ1v) is 5.76. The summed E-state index contributed by atoms with van der Waals surface area (Å²) in [7, 11) is 0. The lowest BCUT2D eigenvalue weighted by Crippen LogP contribution is -2.21. The van der Waals surface area contributed by atoms with E-state index in [1.807, 2.05) is 11.0 Å². The molecule has 0 aromatic heterocycles. The number of halogens is 1. The van der Waals surface area contributed by atoms with Gasteiger partial charge in [-0.25, -0.2) is 4.39 Å². The van der Waals surface area contributed by atoms with E-state index >= 15 is 0 Å². The smallest absolute Gasteiger partial charge is 0.303 e. The molecular formula is C13H13FN2O2. The van der Waals surface area contributed by atoms with Crippen LogP contribution in [-0.4, -0.2) is 24.2 Å². The minimum Gasteiger partial charge on any atom is -0.481 e. The van der Waals surface area contributed by atoms with Crippen LogP contribution < -0.4 is 4.90 Å². The van der Waals surface area contributed by atoms with Crippen LogP contribution in [0.1, 0.15) is 18.4 Å². The van der Waals surface area contributed by atoms with Crippen molar-refractivity contribution in [3.05, 3.63) is 29.6 Å². The maximum Gasteiger partial charge on any atom is 0.303 e. The van der Waals surface area contributed by atoms with Crippen LogP contribution in [0.5, 0.6) is 0 Å². The number of carbonyl (C=O) groups is 1. The molecule has 1 aromatic rings. The second-order valence-electron chi connectivity index (χ2n) is 4.48. The molecule has 1 atom stereocenters. The zero-order chi connectivity index (χ0) is 13.1. The monoisotopic (exact) mass is 248 g/mol. The maximum absolute atomic E-state index is 13.8. The van der Waals surface area contributed by atoms with Gasteiger partial charge in [-0.15, -0.1) is 0 Å². The Morgan fingerprint density at radius 2 is 2.39 bits per heavy atom. The first kappa shape index (κ1) is 12.4. The van der Waals surface area contributed by atoms with Gasteiger partial charge >= 0.3 is 5.97 Å². The number of benzene rings is 1. The zero-order valence-electron chi connectivity index (χ0n) is 9.77. The average molecular weight is 248 g/mol. The van der Waals surface area contributed by atoms with Crippen molar-refractivity contribution in [2.75, 3.05) is 18.0 Å². The molecule has 0 radical (unpaired) electrons. The summed E-state index contributed by atoms with van der Waals surface area (Å²) in [6.07, 6.45) is 0.875. The summed E-state index contributed by atoms with van der Waals surface area (Å²) in [6, 6.07) is 6.25. The largest absolute Gasteiger partial charge is 0.481 e. The third-order valence-electron chi connectivity index (χ3n) is 3.17. The predicted molar refractivity (Wildman–Crippen MR) is 63.7 cm³/mol. The van der Waals surface area contributed by atoms with Crippen LogP contribution >= 0.6 is 0 Å². The Balaban J connectivity index is 2.10. The van der Waals surface area contributed by atoms with Crippen LogP contribution in [0.2, 0.25) is 0 Å². The molecule has 1 aliphatic heterocycles. The summed E-state index contributed by atoms with van der Waals surface area (Å²) < 4.78 is 13.8. The molecule has 1 N–H and O–H groups in total. The van der Waals surface area contributed by atoms with Crippen molar-refractivity contribution < 1.29 is 14.3 Å². The van der Waals surface area contributed by atoms with Gasteiger partial charge in [-0.3, -0.25) is 4.79 Å². The van der Waals surface area contributed by atoms with E-state index in [1.165, 1.54) is 6.07 Å². The Morgan fingerprint density at radius 1 is 1.61 bits per heavy atom. The number of carboxylic acids is 1. The molecule has 1 aliphatic rings. The fourth-order valence-electron chi connectivity index (χ4n) is 2.30. The lowest BCUT2D eigenvalue weighted by molar-refractivity contribution is -0.137. The van der Waals surface area contributed by atoms with E-state index in [9.17, 15) is 9.18 Å². The molecule has 1 saturated heterocycles. The lowest BCUT2D eigenvalue weighted by Gasteiger charge is -2.19. The Hall–Kier alpha value is -2.09. The first-order valence-electron chi connectivity index (χ1n) is 5.76. The summed E-state index contributed by atoms with van der Waals surface area (Å²) in [5, 5.41) is 17.4. The van der Waals surface area contributed by atoms with Gasteiger partial charge in [-0.05, 0) is 30.5 Å². The van der Waals surface area contributed by atoms with Gasteiger partial charge in [0.2, 0.25) is 0 Å². The Bertz CT molecular complexity index is 510. The van der Waals surface area contributed by atoms with Crippen molar-refractivity contribution >= 4 is 11.7 Å². The van der Waals surface area contributed by atoms with E-state index < -0.39 is 11.8 Å². The van der Waals surface area contributed by atoms with E-state index in [-0.39, 0.29) is 17.9 Å². The van der Waals surface area contributed by atoms with E-state index in [4.69, 9.17) is 10.4 Å². The standard InChI is InChI=1S/C13H13FN2O2/c14-11-5-9(7-15)1-2-12(11)16-4-3-10(8-16)6-13(17)18/h1-2,5,10H,3-4,6,8H2,(H,17,18). The van der Waals surface area contributed by atoms with Crippen molar-refractivity contribution in [3.63, 3.8) is 0 Å². The van der Waals surface area contributed by atoms with Gasteiger partial charge < -0.3 is 10.0 Å². The lowest BCUT2D eigenvalue weighted by atomic mass is 10.1. The summed E-state index contributed by atoms with van der Waals surface area (Å²) in [5.41, 5.74) is 0.736. The highest BCUT2D eigenvalue weighted by molar-refractivity contribution is 5.67. The molecule has 18 heavy (non-hydrogen) atoms. The van der Waals surface area contributed by atoms with Gasteiger partial charge in [-0.1, -0.05) is 0 Å². The molecule has 1 unspecified atom stereocenters. The normalized spacial score (nSPS) is 18.7. The van der Waals surface area contributed by atoms with Crippen molar-refractivity contribution in [2.45, 2.75) is 12.8 Å². The minimum absolute atomic E-state index is 0.0672. The van der Waals surface area contributed by atoms with Gasteiger partial charge in [0.1, 0.15) is 5.82 Å². The third kappa shape index (κ3) is 2.59. The van der Waals surface area contributed by atoms with Gasteiger partial charge in [0.15, 0.2) is 0 Å². The molecule has 0 spiro atoms. The number of anilines is 1. The SMILES string of the molecule is N#Cc1ccc(N2CCC(CC(=O)O)C2)c(F)c1. The van der Waals surface area contributed by atoms with Crippen LogP contribution in [-0.2, 0) is 4.79 Å². The molecule has 4 nitrogen and oxygen atoms in total. The van der Waals surface area contributed by atoms with Crippen molar-refractivity contribution in [3.8, 4) is 6.07 Å². The van der Waals surface area contributed by atoms with E-state index in [0.29, 0.717) is 18.8 Å². The second-order valence-corrected chi connectivity index (χ2v) is 4.48. The Morgan fingerprint density at radius 3 is 3.00 bits per heavy atom. The minimum atomic E-state index is -0.817. The second kappa shape index (κ2) is 5.05. The van der Waals surface area contributed by atoms with Crippen molar-refractivity contribution in [1.82, 2.24) is 0 Å². The number of aliphatic carboxylic acids is 1. The number of hydrogen-bond acceptors (Lipinski definition) is 3. The van der Waals surface area contributed by atoms with Crippen LogP contribution in [0.4, 0.5) is 10.1 Å². The molecule has 94 valence electrons. The average Bonchev–Trinajstić information content (AvgIpc) is 2.76. The summed E-state index contributed by atoms with van der Waals surface area (Å²) >= 11 is 0. The van der Waals surface area contributed by atoms with Crippen LogP contribution in [0, 0.1) is 23.1 Å². The van der Waals surface area contributed by atoms with Crippen molar-refractivity contribution in [2.24, 2.45) is 5.92 Å². The molecule has 1 heterocycles. The molecule has 0 amide bonds. The number of nitriles is 1. The quantitative estimate of drug-likeness (QED) is 0.888. The van der Waals surface area contributed by atoms with Crippen LogP contribution in [0.3, 0.4) is 0 Å². The predicted octanol–water partition coefficient (Wildman–Crippen LogP) is 2.00. The van der Waals surface area contributed by atoms with Gasteiger partial charge in [0.25, 0.3) is 0 Å². The van der Waals surface area contributed by atoms with Crippen molar-refractivity contribution in [1.29, 1.82) is 5.26 Å². The molecule has 1 fully saturated rings. The number of nitrogens with zero attached hydrogens (tertiary/aromatic N) is 2. The molecule has 0 bridgehead atoms. The number of hydrogen-bond donors (Lipinski definition) is 1. The fraction of sp³-hybridized carbons (Fsp3) is 0.385. The number of carboxylic acid groups (broad SMARTS) is 1. The topological polar surface area (TPSA) is 64.3 Å². The fourth-order valence-corrected chi connectivity index (χ4v) is 2.30. The first-order chi connectivity index (χ1) is 8.60. The molecule has 0 saturated carbocycles. The molecule has 1 aromatic carbocycles. The number of rotatable bonds is 3. The Labute approximate surface area is 104 Å². The highest BCUT2D eigenvalue weighted by Gasteiger charge is 2.26. The third-order valence-corrected chi connectivity index (χ3v) is 3.17. The van der Waals surface area contributed by atoms with E-state index in [0.717, 1.165) is 6.42 Å². The van der Waals surface area contributed by atoms with E-state index in [2.05, 4.69) is 0 Å². The highest BCUT2D eigenvalue weighted by Crippen LogP contribution is 2.28. The summed E-state index contributed by atoms with van der Waals surface area (Å²) in [6.45, 7) is 1.20. The summed E-state index contributed by atoms with van der Waals surface area (Å²) in [5.74, 6) is -1.18. The zero-order valence-corrected chi connectivity index (χ0v) is 9.77. The van der Waals surface area contributed by atoms with Gasteiger partial charge in [-0.2, -0.15) is 5.26 Å². The van der Waals surface area contributed by atoms with Crippen LogP contribution in [0.15, 0.2) is 18.2 Å². The molecular weight excluding hydrogens is 235 g/mol. The van der Waals surface area contributed by atoms with Crippen LogP contribution in [0.25, 0.3) is 0 Å².